The molecule has 0 unspecified atom stereocenters. The van der Waals surface area contributed by atoms with E-state index in [1.807, 2.05) is 42.6 Å². The van der Waals surface area contributed by atoms with Crippen LogP contribution in [0.4, 0.5) is 0 Å². The van der Waals surface area contributed by atoms with Gasteiger partial charge in [0.15, 0.2) is 0 Å². The van der Waals surface area contributed by atoms with Crippen LogP contribution in [0.5, 0.6) is 5.75 Å². The van der Waals surface area contributed by atoms with Gasteiger partial charge in [-0.25, -0.2) is 4.98 Å². The highest BCUT2D eigenvalue weighted by molar-refractivity contribution is 7.12. The van der Waals surface area contributed by atoms with Gasteiger partial charge in [-0.3, -0.25) is 0 Å². The summed E-state index contributed by atoms with van der Waals surface area (Å²) in [6, 6.07) is 9.49. The average molecular weight is 302 g/mol. The summed E-state index contributed by atoms with van der Waals surface area (Å²) in [4.78, 5) is 4.39. The third kappa shape index (κ3) is 2.93. The third-order valence-electron chi connectivity index (χ3n) is 2.90. The van der Waals surface area contributed by atoms with Crippen molar-refractivity contribution in [1.29, 1.82) is 0 Å². The predicted octanol–water partition coefficient (Wildman–Crippen LogP) is 2.10. The molecule has 1 N–H and O–H groups in total. The molecule has 6 nitrogen and oxygen atoms in total. The molecular weight excluding hydrogens is 288 g/mol. The highest BCUT2D eigenvalue weighted by Crippen LogP contribution is 2.19. The number of rotatable bonds is 5. The van der Waals surface area contributed by atoms with Gasteiger partial charge in [0.25, 0.3) is 0 Å². The Morgan fingerprint density at radius 1 is 1.29 bits per heavy atom. The van der Waals surface area contributed by atoms with E-state index in [1.165, 1.54) is 11.3 Å². The van der Waals surface area contributed by atoms with Crippen LogP contribution in [-0.2, 0) is 13.2 Å². The van der Waals surface area contributed by atoms with Gasteiger partial charge in [0.2, 0.25) is 5.13 Å². The fourth-order valence-corrected chi connectivity index (χ4v) is 2.63. The van der Waals surface area contributed by atoms with Crippen molar-refractivity contribution in [3.05, 3.63) is 52.8 Å². The monoisotopic (exact) mass is 302 g/mol. The highest BCUT2D eigenvalue weighted by Gasteiger charge is 2.16. The number of hydrogen-bond donors (Lipinski definition) is 1. The van der Waals surface area contributed by atoms with Crippen molar-refractivity contribution in [2.45, 2.75) is 20.1 Å². The van der Waals surface area contributed by atoms with Gasteiger partial charge in [0.1, 0.15) is 23.7 Å². The molecule has 0 aliphatic heterocycles. The normalized spacial score (nSPS) is 10.8. The van der Waals surface area contributed by atoms with Crippen LogP contribution in [0.3, 0.4) is 0 Å². The first-order valence-electron chi connectivity index (χ1n) is 6.42. The van der Waals surface area contributed by atoms with Gasteiger partial charge in [0.05, 0.1) is 12.3 Å². The van der Waals surface area contributed by atoms with Gasteiger partial charge < -0.3 is 9.84 Å². The molecule has 2 aromatic heterocycles. The second-order valence-corrected chi connectivity index (χ2v) is 5.26. The average Bonchev–Trinajstić information content (AvgIpc) is 3.11. The van der Waals surface area contributed by atoms with Crippen LogP contribution >= 0.6 is 11.3 Å². The van der Waals surface area contributed by atoms with E-state index in [-0.39, 0.29) is 13.2 Å². The Kier molecular flexibility index (Phi) is 3.94. The van der Waals surface area contributed by atoms with Crippen LogP contribution in [0.1, 0.15) is 17.1 Å². The Balaban J connectivity index is 1.87. The lowest BCUT2D eigenvalue weighted by Gasteiger charge is -2.07. The van der Waals surface area contributed by atoms with E-state index in [0.717, 1.165) is 11.4 Å². The number of aryl methyl sites for hydroxylation is 1. The van der Waals surface area contributed by atoms with Crippen LogP contribution in [0, 0.1) is 6.92 Å². The number of nitrogens with zero attached hydrogens (tertiary/aromatic N) is 4. The van der Waals surface area contributed by atoms with Gasteiger partial charge in [-0.2, -0.15) is 4.68 Å². The first-order chi connectivity index (χ1) is 10.3. The number of ether oxygens (including phenoxy) is 1. The van der Waals surface area contributed by atoms with Crippen LogP contribution in [0.15, 0.2) is 35.7 Å². The molecule has 2 heterocycles. The van der Waals surface area contributed by atoms with Crippen molar-refractivity contribution in [3.8, 4) is 10.9 Å². The zero-order chi connectivity index (χ0) is 14.7. The van der Waals surface area contributed by atoms with Crippen molar-refractivity contribution >= 4 is 11.3 Å². The van der Waals surface area contributed by atoms with Gasteiger partial charge in [-0.05, 0) is 19.1 Å². The lowest BCUT2D eigenvalue weighted by atomic mass is 10.3. The van der Waals surface area contributed by atoms with E-state index in [0.29, 0.717) is 16.5 Å². The number of aliphatic hydroxyl groups is 1. The topological polar surface area (TPSA) is 73.1 Å². The zero-order valence-corrected chi connectivity index (χ0v) is 12.2. The van der Waals surface area contributed by atoms with Crippen molar-refractivity contribution in [3.63, 3.8) is 0 Å². The Hall–Kier alpha value is -2.25. The molecule has 0 saturated heterocycles. The molecular formula is C14H14N4O2S. The highest BCUT2D eigenvalue weighted by atomic mass is 32.1. The molecule has 0 atom stereocenters. The molecule has 21 heavy (non-hydrogen) atoms. The van der Waals surface area contributed by atoms with E-state index in [1.54, 1.807) is 4.68 Å². The minimum atomic E-state index is -0.183. The van der Waals surface area contributed by atoms with Crippen LogP contribution in [0.25, 0.3) is 5.13 Å². The summed E-state index contributed by atoms with van der Waals surface area (Å²) >= 11 is 1.47. The molecule has 0 aliphatic rings. The first kappa shape index (κ1) is 13.7. The second-order valence-electron chi connectivity index (χ2n) is 4.43. The fourth-order valence-electron chi connectivity index (χ4n) is 1.86. The lowest BCUT2D eigenvalue weighted by molar-refractivity contribution is 0.263. The minimum Gasteiger partial charge on any atom is -0.487 e. The summed E-state index contributed by atoms with van der Waals surface area (Å²) in [6.07, 6.45) is 0. The number of benzene rings is 1. The Labute approximate surface area is 125 Å². The largest absolute Gasteiger partial charge is 0.487 e. The molecule has 108 valence electrons. The van der Waals surface area contributed by atoms with E-state index in [9.17, 15) is 5.11 Å². The van der Waals surface area contributed by atoms with Crippen molar-refractivity contribution in [2.75, 3.05) is 0 Å². The van der Waals surface area contributed by atoms with Crippen molar-refractivity contribution in [2.24, 2.45) is 0 Å². The number of thiazole rings is 1. The SMILES string of the molecule is Cc1csc(-n2nnc(CO)c2COc2ccccc2)n1. The molecule has 3 aromatic rings. The van der Waals surface area contributed by atoms with E-state index >= 15 is 0 Å². The van der Waals surface area contributed by atoms with E-state index < -0.39 is 0 Å². The van der Waals surface area contributed by atoms with Crippen LogP contribution < -0.4 is 4.74 Å². The van der Waals surface area contributed by atoms with Gasteiger partial charge >= 0.3 is 0 Å². The molecule has 0 saturated carbocycles. The molecule has 0 spiro atoms. The number of aromatic nitrogens is 4. The number of aliphatic hydroxyl groups excluding tert-OH is 1. The van der Waals surface area contributed by atoms with Crippen molar-refractivity contribution in [1.82, 2.24) is 20.0 Å². The van der Waals surface area contributed by atoms with Crippen LogP contribution in [0.2, 0.25) is 0 Å². The summed E-state index contributed by atoms with van der Waals surface area (Å²) in [7, 11) is 0. The van der Waals surface area contributed by atoms with Gasteiger partial charge in [-0.15, -0.1) is 16.4 Å². The Morgan fingerprint density at radius 3 is 2.76 bits per heavy atom. The Bertz CT molecular complexity index is 724. The summed E-state index contributed by atoms with van der Waals surface area (Å²) in [5, 5.41) is 20.1. The van der Waals surface area contributed by atoms with Gasteiger partial charge in [0, 0.05) is 5.38 Å². The second kappa shape index (κ2) is 6.02. The summed E-state index contributed by atoms with van der Waals surface area (Å²) < 4.78 is 7.34. The molecule has 0 radical (unpaired) electrons. The molecule has 0 amide bonds. The van der Waals surface area contributed by atoms with Gasteiger partial charge in [-0.1, -0.05) is 23.4 Å². The summed E-state index contributed by atoms with van der Waals surface area (Å²) in [5.41, 5.74) is 2.13. The predicted molar refractivity (Wildman–Crippen MR) is 78.5 cm³/mol. The van der Waals surface area contributed by atoms with Crippen molar-refractivity contribution < 1.29 is 9.84 Å². The molecule has 0 fully saturated rings. The molecule has 3 rings (SSSR count). The number of hydrogen-bond acceptors (Lipinski definition) is 6. The molecule has 0 aliphatic carbocycles. The Morgan fingerprint density at radius 2 is 2.10 bits per heavy atom. The van der Waals surface area contributed by atoms with E-state index in [4.69, 9.17) is 4.74 Å². The quantitative estimate of drug-likeness (QED) is 0.781. The van der Waals surface area contributed by atoms with Crippen LogP contribution in [-0.4, -0.2) is 25.1 Å². The third-order valence-corrected chi connectivity index (χ3v) is 3.83. The first-order valence-corrected chi connectivity index (χ1v) is 7.30. The lowest BCUT2D eigenvalue weighted by Crippen LogP contribution is -2.07. The molecule has 0 bridgehead atoms. The maximum absolute atomic E-state index is 9.39. The standard InChI is InChI=1S/C14H14N4O2S/c1-10-9-21-14(15-10)18-13(12(7-19)16-17-18)8-20-11-5-3-2-4-6-11/h2-6,9,19H,7-8H2,1H3. The smallest absolute Gasteiger partial charge is 0.212 e. The summed E-state index contributed by atoms with van der Waals surface area (Å²) in [5.74, 6) is 0.754. The zero-order valence-electron chi connectivity index (χ0n) is 11.4. The number of para-hydroxylation sites is 1. The molecule has 7 heteroatoms. The maximum atomic E-state index is 9.39. The summed E-state index contributed by atoms with van der Waals surface area (Å²) in [6.45, 7) is 2.01. The fraction of sp³-hybridized carbons (Fsp3) is 0.214. The minimum absolute atomic E-state index is 0.183. The maximum Gasteiger partial charge on any atom is 0.212 e. The van der Waals surface area contributed by atoms with E-state index in [2.05, 4.69) is 15.3 Å². The molecule has 1 aromatic carbocycles.